The maximum absolute atomic E-state index is 10.0. The summed E-state index contributed by atoms with van der Waals surface area (Å²) >= 11 is 0. The molecule has 2 aliphatic rings. The molecule has 1 aromatic rings. The van der Waals surface area contributed by atoms with Crippen LogP contribution in [0.15, 0.2) is 18.2 Å². The lowest BCUT2D eigenvalue weighted by molar-refractivity contribution is 0.0976. The molecule has 5 heteroatoms. The molecule has 1 saturated carbocycles. The number of hydrogen-bond donors (Lipinski definition) is 2. The van der Waals surface area contributed by atoms with Gasteiger partial charge in [-0.15, -0.1) is 0 Å². The first-order valence-corrected chi connectivity index (χ1v) is 7.76. The van der Waals surface area contributed by atoms with E-state index in [2.05, 4.69) is 5.32 Å². The van der Waals surface area contributed by atoms with E-state index < -0.39 is 6.10 Å². The Bertz CT molecular complexity index is 460. The van der Waals surface area contributed by atoms with Crippen molar-refractivity contribution in [3.8, 4) is 17.2 Å². The van der Waals surface area contributed by atoms with Crippen molar-refractivity contribution in [2.24, 2.45) is 0 Å². The quantitative estimate of drug-likeness (QED) is 0.836. The lowest BCUT2D eigenvalue weighted by Crippen LogP contribution is -2.36. The normalized spacial score (nSPS) is 19.5. The molecule has 0 amide bonds. The number of aliphatic hydroxyl groups excluding tert-OH is 1. The van der Waals surface area contributed by atoms with Crippen LogP contribution in [0.1, 0.15) is 25.7 Å². The van der Waals surface area contributed by atoms with Crippen molar-refractivity contribution >= 4 is 0 Å². The van der Waals surface area contributed by atoms with E-state index in [9.17, 15) is 5.11 Å². The van der Waals surface area contributed by atoms with Crippen LogP contribution in [0.3, 0.4) is 0 Å². The van der Waals surface area contributed by atoms with Gasteiger partial charge in [0.25, 0.3) is 0 Å². The smallest absolute Gasteiger partial charge is 0.203 e. The van der Waals surface area contributed by atoms with Crippen molar-refractivity contribution in [2.45, 2.75) is 37.8 Å². The minimum absolute atomic E-state index is 0.250. The van der Waals surface area contributed by atoms with Gasteiger partial charge in [0.2, 0.25) is 5.75 Å². The predicted molar refractivity (Wildman–Crippen MR) is 79.2 cm³/mol. The van der Waals surface area contributed by atoms with Gasteiger partial charge in [0.05, 0.1) is 0 Å². The summed E-state index contributed by atoms with van der Waals surface area (Å²) in [4.78, 5) is 0. The maximum Gasteiger partial charge on any atom is 0.203 e. The van der Waals surface area contributed by atoms with E-state index in [0.717, 1.165) is 0 Å². The Morgan fingerprint density at radius 1 is 1.24 bits per heavy atom. The van der Waals surface area contributed by atoms with Gasteiger partial charge in [0.1, 0.15) is 25.9 Å². The van der Waals surface area contributed by atoms with Crippen LogP contribution < -0.4 is 19.5 Å². The molecule has 1 aromatic carbocycles. The third-order valence-electron chi connectivity index (χ3n) is 3.96. The van der Waals surface area contributed by atoms with Crippen LogP contribution in [0.5, 0.6) is 17.2 Å². The molecule has 1 unspecified atom stereocenters. The highest BCUT2D eigenvalue weighted by Gasteiger charge is 2.19. The van der Waals surface area contributed by atoms with Crippen molar-refractivity contribution in [2.75, 3.05) is 26.4 Å². The third-order valence-corrected chi connectivity index (χ3v) is 3.96. The van der Waals surface area contributed by atoms with Crippen molar-refractivity contribution in [1.29, 1.82) is 0 Å². The Morgan fingerprint density at radius 3 is 2.90 bits per heavy atom. The second kappa shape index (κ2) is 7.00. The zero-order valence-corrected chi connectivity index (χ0v) is 12.2. The fourth-order valence-electron chi connectivity index (χ4n) is 2.84. The summed E-state index contributed by atoms with van der Waals surface area (Å²) < 4.78 is 16.8. The standard InChI is InChI=1S/C16H23NO4/c18-13(10-17-12-4-1-2-5-12)11-21-15-7-3-6-14-16(15)20-9-8-19-14/h3,6-7,12-13,17-18H,1-2,4-5,8-11H2. The summed E-state index contributed by atoms with van der Waals surface area (Å²) in [6.45, 7) is 1.90. The molecule has 1 aliphatic heterocycles. The van der Waals surface area contributed by atoms with E-state index in [-0.39, 0.29) is 6.61 Å². The van der Waals surface area contributed by atoms with Crippen molar-refractivity contribution in [3.63, 3.8) is 0 Å². The van der Waals surface area contributed by atoms with E-state index in [1.807, 2.05) is 18.2 Å². The monoisotopic (exact) mass is 293 g/mol. The maximum atomic E-state index is 10.0. The number of ether oxygens (including phenoxy) is 3. The van der Waals surface area contributed by atoms with Gasteiger partial charge in [-0.2, -0.15) is 0 Å². The lowest BCUT2D eigenvalue weighted by atomic mass is 10.2. The molecule has 1 heterocycles. The molecule has 2 N–H and O–H groups in total. The molecule has 1 fully saturated rings. The third kappa shape index (κ3) is 3.80. The number of rotatable bonds is 6. The summed E-state index contributed by atoms with van der Waals surface area (Å²) in [5.41, 5.74) is 0. The van der Waals surface area contributed by atoms with Crippen LogP contribution >= 0.6 is 0 Å². The zero-order chi connectivity index (χ0) is 14.5. The first-order valence-electron chi connectivity index (χ1n) is 7.76. The van der Waals surface area contributed by atoms with Gasteiger partial charge >= 0.3 is 0 Å². The number of fused-ring (bicyclic) bond motifs is 1. The molecular weight excluding hydrogens is 270 g/mol. The highest BCUT2D eigenvalue weighted by atomic mass is 16.6. The van der Waals surface area contributed by atoms with Crippen LogP contribution in [0, 0.1) is 0 Å². The fraction of sp³-hybridized carbons (Fsp3) is 0.625. The summed E-state index contributed by atoms with van der Waals surface area (Å²) in [6, 6.07) is 6.12. The van der Waals surface area contributed by atoms with Gasteiger partial charge in [0.15, 0.2) is 11.5 Å². The first-order chi connectivity index (χ1) is 10.3. The number of para-hydroxylation sites is 1. The minimum atomic E-state index is -0.522. The molecule has 3 rings (SSSR count). The van der Waals surface area contributed by atoms with Gasteiger partial charge in [0, 0.05) is 12.6 Å². The molecule has 1 aliphatic carbocycles. The van der Waals surface area contributed by atoms with Crippen LogP contribution in [-0.2, 0) is 0 Å². The Hall–Kier alpha value is -1.46. The summed E-state index contributed by atoms with van der Waals surface area (Å²) in [5.74, 6) is 1.98. The molecule has 0 bridgehead atoms. The number of benzene rings is 1. The second-order valence-corrected chi connectivity index (χ2v) is 5.63. The molecule has 116 valence electrons. The Morgan fingerprint density at radius 2 is 2.05 bits per heavy atom. The highest BCUT2D eigenvalue weighted by Crippen LogP contribution is 2.38. The van der Waals surface area contributed by atoms with Crippen molar-refractivity contribution in [1.82, 2.24) is 5.32 Å². The minimum Gasteiger partial charge on any atom is -0.487 e. The van der Waals surface area contributed by atoms with Gasteiger partial charge in [-0.25, -0.2) is 0 Å². The molecule has 0 spiro atoms. The SMILES string of the molecule is OC(CNC1CCCC1)COc1cccc2c1OCCO2. The van der Waals surface area contributed by atoms with Gasteiger partial charge < -0.3 is 24.6 Å². The van der Waals surface area contributed by atoms with E-state index in [4.69, 9.17) is 14.2 Å². The topological polar surface area (TPSA) is 60.0 Å². The van der Waals surface area contributed by atoms with Gasteiger partial charge in [-0.3, -0.25) is 0 Å². The predicted octanol–water partition coefficient (Wildman–Crippen LogP) is 1.73. The van der Waals surface area contributed by atoms with Gasteiger partial charge in [-0.05, 0) is 25.0 Å². The average Bonchev–Trinajstić information content (AvgIpc) is 3.04. The van der Waals surface area contributed by atoms with Crippen LogP contribution in [0.25, 0.3) is 0 Å². The first kappa shape index (κ1) is 14.5. The van der Waals surface area contributed by atoms with Crippen LogP contribution in [0.4, 0.5) is 0 Å². The molecule has 0 radical (unpaired) electrons. The second-order valence-electron chi connectivity index (χ2n) is 5.63. The van der Waals surface area contributed by atoms with E-state index in [1.165, 1.54) is 25.7 Å². The molecule has 0 aromatic heterocycles. The summed E-state index contributed by atoms with van der Waals surface area (Å²) in [6.07, 6.45) is 4.48. The largest absolute Gasteiger partial charge is 0.487 e. The van der Waals surface area contributed by atoms with E-state index in [1.54, 1.807) is 0 Å². The average molecular weight is 293 g/mol. The van der Waals surface area contributed by atoms with E-state index in [0.29, 0.717) is 43.0 Å². The molecule has 0 saturated heterocycles. The van der Waals surface area contributed by atoms with E-state index >= 15 is 0 Å². The van der Waals surface area contributed by atoms with Gasteiger partial charge in [-0.1, -0.05) is 18.9 Å². The molecular formula is C16H23NO4. The Balaban J connectivity index is 1.48. The number of aliphatic hydroxyl groups is 1. The lowest BCUT2D eigenvalue weighted by Gasteiger charge is -2.22. The Labute approximate surface area is 125 Å². The summed E-state index contributed by atoms with van der Waals surface area (Å²) in [5, 5.41) is 13.4. The molecule has 5 nitrogen and oxygen atoms in total. The summed E-state index contributed by atoms with van der Waals surface area (Å²) in [7, 11) is 0. The van der Waals surface area contributed by atoms with Crippen molar-refractivity contribution < 1.29 is 19.3 Å². The zero-order valence-electron chi connectivity index (χ0n) is 12.2. The van der Waals surface area contributed by atoms with Crippen molar-refractivity contribution in [3.05, 3.63) is 18.2 Å². The highest BCUT2D eigenvalue weighted by molar-refractivity contribution is 5.51. The van der Waals surface area contributed by atoms with Crippen LogP contribution in [-0.4, -0.2) is 43.6 Å². The van der Waals surface area contributed by atoms with Crippen LogP contribution in [0.2, 0.25) is 0 Å². The molecule has 21 heavy (non-hydrogen) atoms. The molecule has 1 atom stereocenters. The fourth-order valence-corrected chi connectivity index (χ4v) is 2.84. The number of hydrogen-bond acceptors (Lipinski definition) is 5. The number of nitrogens with one attached hydrogen (secondary N) is 1. The Kier molecular flexibility index (Phi) is 4.83.